The molecule has 0 spiro atoms. The lowest BCUT2D eigenvalue weighted by Crippen LogP contribution is -2.24. The van der Waals surface area contributed by atoms with Gasteiger partial charge in [0, 0.05) is 12.2 Å². The van der Waals surface area contributed by atoms with Crippen LogP contribution in [0.25, 0.3) is 0 Å². The zero-order valence-electron chi connectivity index (χ0n) is 8.82. The van der Waals surface area contributed by atoms with Crippen molar-refractivity contribution in [2.45, 2.75) is 6.92 Å². The number of aromatic nitrogens is 1. The molecular formula is C9H15N3O2S. The van der Waals surface area contributed by atoms with Gasteiger partial charge in [-0.05, 0) is 26.1 Å². The van der Waals surface area contributed by atoms with Crippen molar-refractivity contribution in [1.29, 1.82) is 0 Å². The van der Waals surface area contributed by atoms with Crippen molar-refractivity contribution >= 4 is 15.8 Å². The molecule has 0 fully saturated rings. The van der Waals surface area contributed by atoms with E-state index in [9.17, 15) is 8.42 Å². The van der Waals surface area contributed by atoms with Gasteiger partial charge in [0.15, 0.2) is 0 Å². The van der Waals surface area contributed by atoms with Crippen molar-refractivity contribution in [3.63, 3.8) is 0 Å². The van der Waals surface area contributed by atoms with Crippen LogP contribution in [0.4, 0.5) is 5.82 Å². The molecule has 84 valence electrons. The van der Waals surface area contributed by atoms with Gasteiger partial charge in [-0.2, -0.15) is 0 Å². The van der Waals surface area contributed by atoms with E-state index in [4.69, 9.17) is 0 Å². The summed E-state index contributed by atoms with van der Waals surface area (Å²) < 4.78 is 25.4. The first kappa shape index (κ1) is 11.9. The van der Waals surface area contributed by atoms with Crippen molar-refractivity contribution in [3.8, 4) is 0 Å². The van der Waals surface area contributed by atoms with Crippen LogP contribution in [-0.4, -0.2) is 32.7 Å². The molecule has 0 radical (unpaired) electrons. The average Bonchev–Trinajstić information content (AvgIpc) is 2.14. The van der Waals surface area contributed by atoms with Gasteiger partial charge in [-0.25, -0.2) is 13.4 Å². The third-order valence-electron chi connectivity index (χ3n) is 1.77. The first-order valence-corrected chi connectivity index (χ1v) is 6.27. The van der Waals surface area contributed by atoms with E-state index in [-0.39, 0.29) is 5.75 Å². The summed E-state index contributed by atoms with van der Waals surface area (Å²) in [7, 11) is -1.58. The molecule has 15 heavy (non-hydrogen) atoms. The molecule has 1 aromatic rings. The highest BCUT2D eigenvalue weighted by atomic mass is 32.2. The van der Waals surface area contributed by atoms with Crippen molar-refractivity contribution in [2.75, 3.05) is 24.1 Å². The fourth-order valence-electron chi connectivity index (χ4n) is 1.05. The van der Waals surface area contributed by atoms with Crippen molar-refractivity contribution in [1.82, 2.24) is 10.3 Å². The van der Waals surface area contributed by atoms with Gasteiger partial charge < -0.3 is 5.32 Å². The van der Waals surface area contributed by atoms with Crippen molar-refractivity contribution in [2.24, 2.45) is 0 Å². The van der Waals surface area contributed by atoms with Crippen molar-refractivity contribution < 1.29 is 8.42 Å². The highest BCUT2D eigenvalue weighted by molar-refractivity contribution is 7.92. The molecule has 5 nitrogen and oxygen atoms in total. The van der Waals surface area contributed by atoms with Crippen LogP contribution >= 0.6 is 0 Å². The Kier molecular flexibility index (Phi) is 4.05. The Labute approximate surface area is 90.0 Å². The molecule has 1 aromatic heterocycles. The van der Waals surface area contributed by atoms with E-state index in [0.717, 1.165) is 5.69 Å². The van der Waals surface area contributed by atoms with Crippen LogP contribution in [0.5, 0.6) is 0 Å². The van der Waals surface area contributed by atoms with Gasteiger partial charge in [0.25, 0.3) is 0 Å². The second kappa shape index (κ2) is 5.09. The number of nitrogens with one attached hydrogen (secondary N) is 2. The van der Waals surface area contributed by atoms with Crippen LogP contribution in [0, 0.1) is 6.92 Å². The summed E-state index contributed by atoms with van der Waals surface area (Å²) in [6, 6.07) is 5.20. The van der Waals surface area contributed by atoms with Crippen LogP contribution in [0.1, 0.15) is 5.69 Å². The lowest BCUT2D eigenvalue weighted by Gasteiger charge is -2.06. The SMILES string of the molecule is CNCCS(=O)(=O)Nc1cccc(C)n1. The fraction of sp³-hybridized carbons (Fsp3) is 0.444. The molecule has 2 N–H and O–H groups in total. The summed E-state index contributed by atoms with van der Waals surface area (Å²) in [4.78, 5) is 4.06. The first-order chi connectivity index (χ1) is 7.03. The standard InChI is InChI=1S/C9H15N3O2S/c1-8-4-3-5-9(11-8)12-15(13,14)7-6-10-2/h3-5,10H,6-7H2,1-2H3,(H,11,12). The zero-order valence-corrected chi connectivity index (χ0v) is 9.63. The molecule has 0 unspecified atom stereocenters. The Bertz CT molecular complexity index is 417. The molecule has 0 aliphatic rings. The molecule has 0 saturated carbocycles. The lowest BCUT2D eigenvalue weighted by atomic mass is 10.4. The van der Waals surface area contributed by atoms with Gasteiger partial charge in [0.1, 0.15) is 5.82 Å². The van der Waals surface area contributed by atoms with E-state index >= 15 is 0 Å². The minimum atomic E-state index is -3.29. The summed E-state index contributed by atoms with van der Waals surface area (Å²) in [6.07, 6.45) is 0. The van der Waals surface area contributed by atoms with Crippen LogP contribution < -0.4 is 10.0 Å². The number of rotatable bonds is 5. The Morgan fingerprint density at radius 2 is 2.13 bits per heavy atom. The van der Waals surface area contributed by atoms with Crippen molar-refractivity contribution in [3.05, 3.63) is 23.9 Å². The van der Waals surface area contributed by atoms with Gasteiger partial charge in [0.05, 0.1) is 5.75 Å². The monoisotopic (exact) mass is 229 g/mol. The maximum Gasteiger partial charge on any atom is 0.235 e. The Balaban J connectivity index is 2.69. The summed E-state index contributed by atoms with van der Waals surface area (Å²) in [5.74, 6) is 0.408. The van der Waals surface area contributed by atoms with E-state index in [1.807, 2.05) is 13.0 Å². The number of hydrogen-bond donors (Lipinski definition) is 2. The summed E-state index contributed by atoms with van der Waals surface area (Å²) in [5, 5.41) is 2.78. The van der Waals surface area contributed by atoms with E-state index in [1.54, 1.807) is 19.2 Å². The van der Waals surface area contributed by atoms with Crippen LogP contribution in [0.2, 0.25) is 0 Å². The highest BCUT2D eigenvalue weighted by Crippen LogP contribution is 2.06. The predicted octanol–water partition coefficient (Wildman–Crippen LogP) is 0.351. The third-order valence-corrected chi connectivity index (χ3v) is 3.03. The summed E-state index contributed by atoms with van der Waals surface area (Å²) in [6.45, 7) is 2.23. The molecule has 0 aliphatic carbocycles. The van der Waals surface area contributed by atoms with Crippen LogP contribution in [0.15, 0.2) is 18.2 Å². The predicted molar refractivity (Wildman–Crippen MR) is 60.3 cm³/mol. The van der Waals surface area contributed by atoms with Gasteiger partial charge >= 0.3 is 0 Å². The molecule has 6 heteroatoms. The first-order valence-electron chi connectivity index (χ1n) is 4.62. The molecular weight excluding hydrogens is 214 g/mol. The molecule has 0 saturated heterocycles. The topological polar surface area (TPSA) is 71.1 Å². The van der Waals surface area contributed by atoms with Gasteiger partial charge in [-0.15, -0.1) is 0 Å². The molecule has 0 atom stereocenters. The maximum absolute atomic E-state index is 11.5. The number of hydrogen-bond acceptors (Lipinski definition) is 4. The van der Waals surface area contributed by atoms with E-state index in [0.29, 0.717) is 12.4 Å². The number of sulfonamides is 1. The Hall–Kier alpha value is -1.14. The smallest absolute Gasteiger partial charge is 0.235 e. The highest BCUT2D eigenvalue weighted by Gasteiger charge is 2.09. The second-order valence-electron chi connectivity index (χ2n) is 3.19. The molecule has 0 aliphatic heterocycles. The number of aryl methyl sites for hydroxylation is 1. The normalized spacial score (nSPS) is 11.3. The number of anilines is 1. The average molecular weight is 229 g/mol. The quantitative estimate of drug-likeness (QED) is 0.764. The number of nitrogens with zero attached hydrogens (tertiary/aromatic N) is 1. The molecule has 1 rings (SSSR count). The number of pyridine rings is 1. The second-order valence-corrected chi connectivity index (χ2v) is 5.03. The minimum absolute atomic E-state index is 0.0408. The molecule has 0 bridgehead atoms. The zero-order chi connectivity index (χ0) is 11.3. The van der Waals surface area contributed by atoms with E-state index in [1.165, 1.54) is 0 Å². The maximum atomic E-state index is 11.5. The van der Waals surface area contributed by atoms with Crippen LogP contribution in [-0.2, 0) is 10.0 Å². The molecule has 1 heterocycles. The fourth-order valence-corrected chi connectivity index (χ4v) is 2.05. The van der Waals surface area contributed by atoms with E-state index in [2.05, 4.69) is 15.0 Å². The lowest BCUT2D eigenvalue weighted by molar-refractivity contribution is 0.598. The summed E-state index contributed by atoms with van der Waals surface area (Å²) >= 11 is 0. The van der Waals surface area contributed by atoms with Crippen LogP contribution in [0.3, 0.4) is 0 Å². The van der Waals surface area contributed by atoms with Gasteiger partial charge in [-0.1, -0.05) is 6.07 Å². The van der Waals surface area contributed by atoms with E-state index < -0.39 is 10.0 Å². The molecule has 0 amide bonds. The Morgan fingerprint density at radius 3 is 2.73 bits per heavy atom. The Morgan fingerprint density at radius 1 is 1.40 bits per heavy atom. The summed E-state index contributed by atoms with van der Waals surface area (Å²) in [5.41, 5.74) is 0.781. The third kappa shape index (κ3) is 4.26. The van der Waals surface area contributed by atoms with Gasteiger partial charge in [0.2, 0.25) is 10.0 Å². The van der Waals surface area contributed by atoms with Gasteiger partial charge in [-0.3, -0.25) is 4.72 Å². The molecule has 0 aromatic carbocycles. The minimum Gasteiger partial charge on any atom is -0.319 e. The largest absolute Gasteiger partial charge is 0.319 e.